The second-order valence-electron chi connectivity index (χ2n) is 1.44. The summed E-state index contributed by atoms with van der Waals surface area (Å²) in [4.78, 5) is 0. The van der Waals surface area contributed by atoms with Crippen LogP contribution in [0.25, 0.3) is 0 Å². The van der Waals surface area contributed by atoms with Gasteiger partial charge >= 0.3 is 0 Å². The molecule has 0 bridgehead atoms. The van der Waals surface area contributed by atoms with Crippen molar-refractivity contribution in [2.75, 3.05) is 0 Å². The summed E-state index contributed by atoms with van der Waals surface area (Å²) in [6.45, 7) is 7.50. The highest BCUT2D eigenvalue weighted by Gasteiger charge is 1.62. The lowest BCUT2D eigenvalue weighted by Crippen LogP contribution is -1.74. The summed E-state index contributed by atoms with van der Waals surface area (Å²) in [5, 5.41) is 0. The molecule has 0 unspecified atom stereocenters. The van der Waals surface area contributed by atoms with E-state index in [2.05, 4.69) is 6.58 Å². The van der Waals surface area contributed by atoms with E-state index in [4.69, 9.17) is 13.3 Å². The molecule has 0 aromatic rings. The zero-order valence-electron chi connectivity index (χ0n) is 4.92. The molecule has 3 nitrogen and oxygen atoms in total. The normalized spacial score (nSPS) is 7.62. The Balaban J connectivity index is 0. The summed E-state index contributed by atoms with van der Waals surface area (Å²) in [5.41, 5.74) is 1.17. The molecule has 50 valence electrons. The van der Waals surface area contributed by atoms with Gasteiger partial charge in [0, 0.05) is 0 Å². The molecule has 0 saturated heterocycles. The van der Waals surface area contributed by atoms with Gasteiger partial charge in [-0.2, -0.15) is 4.21 Å². The molecule has 0 atom stereocenters. The van der Waals surface area contributed by atoms with Crippen molar-refractivity contribution in [2.24, 2.45) is 0 Å². The Morgan fingerprint density at radius 1 is 1.50 bits per heavy atom. The van der Waals surface area contributed by atoms with Gasteiger partial charge in [-0.3, -0.25) is 9.11 Å². The standard InChI is InChI=1S/C4H8.H2O3S/c2*1-4(2)3/h1H2,2-3H3;(H2,1,2,3). The van der Waals surface area contributed by atoms with Crippen molar-refractivity contribution in [1.29, 1.82) is 0 Å². The van der Waals surface area contributed by atoms with Crippen LogP contribution in [0, 0.1) is 0 Å². The fourth-order valence-electron chi connectivity index (χ4n) is 0. The Hall–Kier alpha value is -0.190. The van der Waals surface area contributed by atoms with E-state index in [-0.39, 0.29) is 0 Å². The largest absolute Gasteiger partial charge is 0.299 e. The van der Waals surface area contributed by atoms with Crippen LogP contribution < -0.4 is 0 Å². The molecule has 0 rings (SSSR count). The quantitative estimate of drug-likeness (QED) is 0.391. The Kier molecular flexibility index (Phi) is 9.13. The Morgan fingerprint density at radius 3 is 1.50 bits per heavy atom. The third kappa shape index (κ3) is 3720. The van der Waals surface area contributed by atoms with Crippen molar-refractivity contribution in [2.45, 2.75) is 13.8 Å². The van der Waals surface area contributed by atoms with E-state index in [0.29, 0.717) is 0 Å². The van der Waals surface area contributed by atoms with Gasteiger partial charge in [0.1, 0.15) is 0 Å². The van der Waals surface area contributed by atoms with Gasteiger partial charge in [0.15, 0.2) is 0 Å². The van der Waals surface area contributed by atoms with Crippen LogP contribution >= 0.6 is 0 Å². The van der Waals surface area contributed by atoms with Crippen molar-refractivity contribution in [3.8, 4) is 0 Å². The molecule has 4 heteroatoms. The number of hydrogen-bond acceptors (Lipinski definition) is 1. The second-order valence-corrected chi connectivity index (χ2v) is 1.90. The van der Waals surface area contributed by atoms with Gasteiger partial charge in [-0.15, -0.1) is 6.58 Å². The van der Waals surface area contributed by atoms with E-state index in [1.165, 1.54) is 5.57 Å². The van der Waals surface area contributed by atoms with Crippen molar-refractivity contribution >= 4 is 11.4 Å². The van der Waals surface area contributed by atoms with Crippen LogP contribution in [0.4, 0.5) is 0 Å². The minimum atomic E-state index is -2.61. The predicted molar refractivity (Wildman–Crippen MR) is 33.9 cm³/mol. The Morgan fingerprint density at radius 2 is 1.50 bits per heavy atom. The smallest absolute Gasteiger partial charge is 0.284 e. The van der Waals surface area contributed by atoms with Crippen molar-refractivity contribution < 1.29 is 13.3 Å². The lowest BCUT2D eigenvalue weighted by Gasteiger charge is -1.65. The van der Waals surface area contributed by atoms with Crippen LogP contribution in [0.2, 0.25) is 0 Å². The van der Waals surface area contributed by atoms with Gasteiger partial charge in [-0.05, 0) is 13.8 Å². The summed E-state index contributed by atoms with van der Waals surface area (Å²) in [7, 11) is 0. The van der Waals surface area contributed by atoms with Gasteiger partial charge < -0.3 is 0 Å². The van der Waals surface area contributed by atoms with Crippen LogP contribution in [0.5, 0.6) is 0 Å². The lowest BCUT2D eigenvalue weighted by molar-refractivity contribution is 0.454. The molecule has 0 aromatic carbocycles. The van der Waals surface area contributed by atoms with Crippen LogP contribution in [0.15, 0.2) is 12.2 Å². The van der Waals surface area contributed by atoms with Crippen molar-refractivity contribution in [3.05, 3.63) is 12.2 Å². The van der Waals surface area contributed by atoms with Crippen molar-refractivity contribution in [1.82, 2.24) is 0 Å². The zero-order valence-corrected chi connectivity index (χ0v) is 5.73. The maximum absolute atomic E-state index is 8.67. The minimum absolute atomic E-state index is 1.17. The van der Waals surface area contributed by atoms with Crippen LogP contribution in [0.1, 0.15) is 13.8 Å². The maximum Gasteiger partial charge on any atom is 0.299 e. The molecule has 0 fully saturated rings. The monoisotopic (exact) mass is 138 g/mol. The first-order valence-corrected chi connectivity index (χ1v) is 2.95. The Bertz CT molecular complexity index is 69.3. The third-order valence-electron chi connectivity index (χ3n) is 0. The highest BCUT2D eigenvalue weighted by molar-refractivity contribution is 7.73. The molecule has 0 saturated carbocycles. The van der Waals surface area contributed by atoms with Gasteiger partial charge in [-0.1, -0.05) is 5.57 Å². The molecule has 0 heterocycles. The first-order valence-electron chi connectivity index (χ1n) is 1.89. The molecule has 0 aliphatic carbocycles. The summed E-state index contributed by atoms with van der Waals surface area (Å²) in [5.74, 6) is 0. The molecule has 0 aliphatic heterocycles. The molecule has 2 N–H and O–H groups in total. The maximum atomic E-state index is 8.67. The van der Waals surface area contributed by atoms with E-state index < -0.39 is 11.4 Å². The van der Waals surface area contributed by atoms with Crippen molar-refractivity contribution in [3.63, 3.8) is 0 Å². The topological polar surface area (TPSA) is 57.5 Å². The number of hydrogen-bond donors (Lipinski definition) is 2. The first kappa shape index (κ1) is 10.7. The van der Waals surface area contributed by atoms with Gasteiger partial charge in [-0.25, -0.2) is 0 Å². The summed E-state index contributed by atoms with van der Waals surface area (Å²) >= 11 is -2.61. The highest BCUT2D eigenvalue weighted by Crippen LogP contribution is 1.73. The van der Waals surface area contributed by atoms with E-state index in [1.807, 2.05) is 13.8 Å². The molecular formula is C4H10O3S. The molecule has 0 aliphatic rings. The predicted octanol–water partition coefficient (Wildman–Crippen LogP) is 1.26. The van der Waals surface area contributed by atoms with E-state index in [1.54, 1.807) is 0 Å². The summed E-state index contributed by atoms with van der Waals surface area (Å²) in [6, 6.07) is 0. The molecule has 0 amide bonds. The molecular weight excluding hydrogens is 128 g/mol. The number of allylic oxidation sites excluding steroid dienone is 1. The average Bonchev–Trinajstić information content (AvgIpc) is 1.25. The van der Waals surface area contributed by atoms with Crippen LogP contribution in [-0.2, 0) is 11.4 Å². The van der Waals surface area contributed by atoms with Gasteiger partial charge in [0.2, 0.25) is 0 Å². The SMILES string of the molecule is C=C(C)C.O=S(O)O. The van der Waals surface area contributed by atoms with Crippen LogP contribution in [0.3, 0.4) is 0 Å². The number of rotatable bonds is 0. The van der Waals surface area contributed by atoms with E-state index in [9.17, 15) is 0 Å². The zero-order chi connectivity index (χ0) is 7.15. The first-order chi connectivity index (χ1) is 3.46. The fraction of sp³-hybridized carbons (Fsp3) is 0.500. The molecule has 8 heavy (non-hydrogen) atoms. The molecule has 0 aromatic heterocycles. The third-order valence-corrected chi connectivity index (χ3v) is 0. The minimum Gasteiger partial charge on any atom is -0.284 e. The summed E-state index contributed by atoms with van der Waals surface area (Å²) < 4.78 is 22.8. The van der Waals surface area contributed by atoms with Gasteiger partial charge in [0.05, 0.1) is 0 Å². The summed E-state index contributed by atoms with van der Waals surface area (Å²) in [6.07, 6.45) is 0. The van der Waals surface area contributed by atoms with E-state index in [0.717, 1.165) is 0 Å². The van der Waals surface area contributed by atoms with E-state index >= 15 is 0 Å². The average molecular weight is 138 g/mol. The second kappa shape index (κ2) is 6.81. The molecule has 0 radical (unpaired) electrons. The Labute approximate surface area is 51.5 Å². The fourth-order valence-corrected chi connectivity index (χ4v) is 0. The highest BCUT2D eigenvalue weighted by atomic mass is 32.2. The lowest BCUT2D eigenvalue weighted by atomic mass is 10.4. The van der Waals surface area contributed by atoms with Crippen LogP contribution in [-0.4, -0.2) is 13.3 Å². The van der Waals surface area contributed by atoms with Gasteiger partial charge in [0.25, 0.3) is 11.4 Å². The molecule has 0 spiro atoms.